The summed E-state index contributed by atoms with van der Waals surface area (Å²) in [5.74, 6) is -1.09. The molecule has 6 heteroatoms. The van der Waals surface area contributed by atoms with E-state index in [9.17, 15) is 14.7 Å². The number of ether oxygens (including phenoxy) is 2. The first kappa shape index (κ1) is 22.3. The molecule has 2 atom stereocenters. The molecule has 0 aliphatic heterocycles. The quantitative estimate of drug-likeness (QED) is 0.655. The Balaban J connectivity index is 1.60. The van der Waals surface area contributed by atoms with Crippen LogP contribution in [0.2, 0.25) is 0 Å². The molecule has 4 rings (SSSR count). The minimum atomic E-state index is -1.40. The number of carbonyl (C=O) groups is 2. The predicted molar refractivity (Wildman–Crippen MR) is 122 cm³/mol. The highest BCUT2D eigenvalue weighted by molar-refractivity contribution is 5.86. The molecule has 2 aromatic rings. The molecule has 2 aliphatic rings. The van der Waals surface area contributed by atoms with Gasteiger partial charge < -0.3 is 14.6 Å². The lowest BCUT2D eigenvalue weighted by atomic mass is 9.77. The van der Waals surface area contributed by atoms with Gasteiger partial charge in [-0.1, -0.05) is 68.3 Å². The number of hydrogen-bond acceptors (Lipinski definition) is 4. The number of nitrogens with zero attached hydrogens (tertiary/aromatic N) is 1. The van der Waals surface area contributed by atoms with Crippen molar-refractivity contribution in [2.45, 2.75) is 56.6 Å². The second-order valence-electron chi connectivity index (χ2n) is 8.66. The average Bonchev–Trinajstić information content (AvgIpc) is 3.14. The van der Waals surface area contributed by atoms with Gasteiger partial charge >= 0.3 is 12.1 Å². The largest absolute Gasteiger partial charge is 0.479 e. The summed E-state index contributed by atoms with van der Waals surface area (Å²) in [5, 5.41) is 10.2. The van der Waals surface area contributed by atoms with Crippen molar-refractivity contribution in [3.05, 3.63) is 59.7 Å². The molecule has 1 saturated carbocycles. The SMILES string of the molecule is CCCN(C(=O)OCC1c2ccccc2-c2ccccc21)C1(C(=O)O)CCCCC1OC. The number of hydrogen-bond donors (Lipinski definition) is 1. The van der Waals surface area contributed by atoms with E-state index in [2.05, 4.69) is 24.3 Å². The fraction of sp³-hybridized carbons (Fsp3) is 0.462. The summed E-state index contributed by atoms with van der Waals surface area (Å²) in [7, 11) is 1.52. The first-order valence-electron chi connectivity index (χ1n) is 11.4. The van der Waals surface area contributed by atoms with E-state index in [1.54, 1.807) is 0 Å². The lowest BCUT2D eigenvalue weighted by Crippen LogP contribution is -2.65. The van der Waals surface area contributed by atoms with Crippen LogP contribution < -0.4 is 0 Å². The summed E-state index contributed by atoms with van der Waals surface area (Å²) < 4.78 is 11.4. The molecule has 0 saturated heterocycles. The average molecular weight is 438 g/mol. The number of carboxylic acids is 1. The number of benzene rings is 2. The monoisotopic (exact) mass is 437 g/mol. The van der Waals surface area contributed by atoms with Crippen molar-refractivity contribution in [1.29, 1.82) is 0 Å². The zero-order valence-electron chi connectivity index (χ0n) is 18.8. The number of fused-ring (bicyclic) bond motifs is 3. The van der Waals surface area contributed by atoms with Gasteiger partial charge in [0.1, 0.15) is 6.61 Å². The summed E-state index contributed by atoms with van der Waals surface area (Å²) in [6.07, 6.45) is 2.10. The first-order valence-corrected chi connectivity index (χ1v) is 11.4. The highest BCUT2D eigenvalue weighted by atomic mass is 16.6. The van der Waals surface area contributed by atoms with Crippen molar-refractivity contribution in [2.24, 2.45) is 0 Å². The van der Waals surface area contributed by atoms with Crippen LogP contribution in [-0.2, 0) is 14.3 Å². The second-order valence-corrected chi connectivity index (χ2v) is 8.66. The van der Waals surface area contributed by atoms with E-state index in [1.807, 2.05) is 31.2 Å². The van der Waals surface area contributed by atoms with Gasteiger partial charge in [-0.15, -0.1) is 0 Å². The molecule has 32 heavy (non-hydrogen) atoms. The minimum Gasteiger partial charge on any atom is -0.479 e. The van der Waals surface area contributed by atoms with Gasteiger partial charge in [0.2, 0.25) is 0 Å². The molecule has 2 aliphatic carbocycles. The van der Waals surface area contributed by atoms with E-state index in [-0.39, 0.29) is 12.5 Å². The van der Waals surface area contributed by atoms with Gasteiger partial charge in [0.25, 0.3) is 0 Å². The van der Waals surface area contributed by atoms with E-state index in [4.69, 9.17) is 9.47 Å². The van der Waals surface area contributed by atoms with Gasteiger partial charge in [-0.25, -0.2) is 9.59 Å². The summed E-state index contributed by atoms with van der Waals surface area (Å²) >= 11 is 0. The third-order valence-electron chi connectivity index (χ3n) is 6.95. The predicted octanol–water partition coefficient (Wildman–Crippen LogP) is 5.06. The maximum Gasteiger partial charge on any atom is 0.410 e. The Morgan fingerprint density at radius 2 is 1.69 bits per heavy atom. The molecule has 2 unspecified atom stereocenters. The maximum absolute atomic E-state index is 13.4. The van der Waals surface area contributed by atoms with Crippen LogP contribution in [0.3, 0.4) is 0 Å². The lowest BCUT2D eigenvalue weighted by molar-refractivity contribution is -0.165. The van der Waals surface area contributed by atoms with Crippen molar-refractivity contribution in [3.8, 4) is 11.1 Å². The van der Waals surface area contributed by atoms with E-state index in [0.717, 1.165) is 35.1 Å². The Labute approximate surface area is 189 Å². The third-order valence-corrected chi connectivity index (χ3v) is 6.95. The summed E-state index contributed by atoms with van der Waals surface area (Å²) in [4.78, 5) is 27.3. The van der Waals surface area contributed by atoms with Gasteiger partial charge in [0.05, 0.1) is 6.10 Å². The molecular weight excluding hydrogens is 406 g/mol. The molecule has 0 bridgehead atoms. The molecule has 1 fully saturated rings. The number of rotatable bonds is 7. The molecule has 170 valence electrons. The standard InChI is InChI=1S/C26H31NO5/c1-3-16-27(26(24(28)29)15-9-8-14-23(26)31-2)25(30)32-17-22-20-12-6-4-10-18(20)19-11-5-7-13-21(19)22/h4-7,10-13,22-23H,3,8-9,14-17H2,1-2H3,(H,28,29). The molecule has 2 aromatic carbocycles. The Morgan fingerprint density at radius 3 is 2.25 bits per heavy atom. The third kappa shape index (κ3) is 3.66. The van der Waals surface area contributed by atoms with Crippen LogP contribution in [0, 0.1) is 0 Å². The minimum absolute atomic E-state index is 0.0693. The first-order chi connectivity index (χ1) is 15.5. The number of carbonyl (C=O) groups excluding carboxylic acids is 1. The maximum atomic E-state index is 13.4. The van der Waals surface area contributed by atoms with Gasteiger partial charge in [0, 0.05) is 19.6 Å². The van der Waals surface area contributed by atoms with E-state index < -0.39 is 23.7 Å². The van der Waals surface area contributed by atoms with Gasteiger partial charge in [-0.05, 0) is 41.5 Å². The van der Waals surface area contributed by atoms with Crippen LogP contribution in [0.5, 0.6) is 0 Å². The normalized spacial score (nSPS) is 22.1. The second kappa shape index (κ2) is 9.33. The Hall–Kier alpha value is -2.86. The summed E-state index contributed by atoms with van der Waals surface area (Å²) in [5.41, 5.74) is 3.17. The molecular formula is C26H31NO5. The zero-order chi connectivity index (χ0) is 22.7. The Kier molecular flexibility index (Phi) is 6.51. The Morgan fingerprint density at radius 1 is 1.06 bits per heavy atom. The van der Waals surface area contributed by atoms with Gasteiger partial charge in [-0.2, -0.15) is 0 Å². The lowest BCUT2D eigenvalue weighted by Gasteiger charge is -2.46. The number of carboxylic acid groups (broad SMARTS) is 1. The van der Waals surface area contributed by atoms with E-state index in [1.165, 1.54) is 12.0 Å². The molecule has 6 nitrogen and oxygen atoms in total. The highest BCUT2D eigenvalue weighted by Crippen LogP contribution is 2.45. The fourth-order valence-electron chi connectivity index (χ4n) is 5.45. The smallest absolute Gasteiger partial charge is 0.410 e. The van der Waals surface area contributed by atoms with Crippen molar-refractivity contribution in [1.82, 2.24) is 4.90 Å². The van der Waals surface area contributed by atoms with Gasteiger partial charge in [-0.3, -0.25) is 4.90 Å². The summed E-state index contributed by atoms with van der Waals surface area (Å²) in [6.45, 7) is 2.41. The fourth-order valence-corrected chi connectivity index (χ4v) is 5.45. The van der Waals surface area contributed by atoms with Crippen LogP contribution in [-0.4, -0.2) is 54.0 Å². The number of amides is 1. The molecule has 0 radical (unpaired) electrons. The van der Waals surface area contributed by atoms with Crippen LogP contribution in [0.4, 0.5) is 4.79 Å². The molecule has 1 amide bonds. The van der Waals surface area contributed by atoms with E-state index >= 15 is 0 Å². The molecule has 0 heterocycles. The van der Waals surface area contributed by atoms with Crippen molar-refractivity contribution < 1.29 is 24.2 Å². The molecule has 1 N–H and O–H groups in total. The van der Waals surface area contributed by atoms with Crippen LogP contribution in [0.15, 0.2) is 48.5 Å². The number of methoxy groups -OCH3 is 1. The molecule has 0 spiro atoms. The van der Waals surface area contributed by atoms with Crippen molar-refractivity contribution in [3.63, 3.8) is 0 Å². The van der Waals surface area contributed by atoms with Crippen molar-refractivity contribution in [2.75, 3.05) is 20.3 Å². The van der Waals surface area contributed by atoms with E-state index in [0.29, 0.717) is 25.8 Å². The van der Waals surface area contributed by atoms with Crippen LogP contribution in [0.25, 0.3) is 11.1 Å². The highest BCUT2D eigenvalue weighted by Gasteiger charge is 2.54. The zero-order valence-corrected chi connectivity index (χ0v) is 18.8. The van der Waals surface area contributed by atoms with Gasteiger partial charge in [0.15, 0.2) is 5.54 Å². The molecule has 0 aromatic heterocycles. The van der Waals surface area contributed by atoms with Crippen LogP contribution in [0.1, 0.15) is 56.1 Å². The van der Waals surface area contributed by atoms with Crippen LogP contribution >= 0.6 is 0 Å². The topological polar surface area (TPSA) is 76.1 Å². The number of aliphatic carboxylic acids is 1. The summed E-state index contributed by atoms with van der Waals surface area (Å²) in [6, 6.07) is 16.3. The Bertz CT molecular complexity index is 944. The van der Waals surface area contributed by atoms with Crippen molar-refractivity contribution >= 4 is 12.1 Å².